The molecule has 5 nitrogen and oxygen atoms in total. The van der Waals surface area contributed by atoms with Crippen LogP contribution in [0.5, 0.6) is 0 Å². The number of aliphatic hydroxyl groups is 1. The number of nitrogens with zero attached hydrogens (tertiary/aromatic N) is 3. The van der Waals surface area contributed by atoms with Gasteiger partial charge in [0.15, 0.2) is 0 Å². The van der Waals surface area contributed by atoms with Crippen molar-refractivity contribution in [2.24, 2.45) is 5.92 Å². The SMILES string of the molecule is CC(O)c1nc(-c2cnc(N)c(C(F)(F)F)c2)cn1C12CC(C1)C2. The number of aromatic nitrogens is 3. The van der Waals surface area contributed by atoms with E-state index in [0.717, 1.165) is 31.2 Å². The number of rotatable bonds is 3. The molecule has 0 saturated heterocycles. The highest BCUT2D eigenvalue weighted by Gasteiger charge is 2.58. The molecule has 3 saturated carbocycles. The summed E-state index contributed by atoms with van der Waals surface area (Å²) in [4.78, 5) is 8.03. The molecule has 0 amide bonds. The predicted octanol–water partition coefficient (Wildman–Crippen LogP) is 3.11. The third kappa shape index (κ3) is 2.12. The summed E-state index contributed by atoms with van der Waals surface area (Å²) in [5, 5.41) is 9.99. The van der Waals surface area contributed by atoms with E-state index in [9.17, 15) is 18.3 Å². The Labute approximate surface area is 136 Å². The van der Waals surface area contributed by atoms with Gasteiger partial charge in [-0.2, -0.15) is 13.2 Å². The fourth-order valence-electron chi connectivity index (χ4n) is 3.78. The lowest BCUT2D eigenvalue weighted by molar-refractivity contribution is -0.137. The van der Waals surface area contributed by atoms with Crippen LogP contribution in [0.3, 0.4) is 0 Å². The average molecular weight is 338 g/mol. The Morgan fingerprint density at radius 2 is 2.04 bits per heavy atom. The van der Waals surface area contributed by atoms with Gasteiger partial charge in [0.1, 0.15) is 17.7 Å². The highest BCUT2D eigenvalue weighted by Crippen LogP contribution is 2.63. The van der Waals surface area contributed by atoms with Crippen LogP contribution in [0.4, 0.5) is 19.0 Å². The number of hydrogen-bond donors (Lipinski definition) is 2. The summed E-state index contributed by atoms with van der Waals surface area (Å²) in [6, 6.07) is 0.961. The fourth-order valence-corrected chi connectivity index (χ4v) is 3.78. The van der Waals surface area contributed by atoms with E-state index in [0.29, 0.717) is 11.5 Å². The van der Waals surface area contributed by atoms with Gasteiger partial charge in [-0.15, -0.1) is 0 Å². The van der Waals surface area contributed by atoms with Crippen molar-refractivity contribution < 1.29 is 18.3 Å². The molecule has 1 atom stereocenters. The van der Waals surface area contributed by atoms with Crippen LogP contribution in [0.15, 0.2) is 18.5 Å². The predicted molar refractivity (Wildman–Crippen MR) is 80.8 cm³/mol. The van der Waals surface area contributed by atoms with Gasteiger partial charge in [-0.25, -0.2) is 9.97 Å². The zero-order valence-corrected chi connectivity index (χ0v) is 13.0. The van der Waals surface area contributed by atoms with Gasteiger partial charge < -0.3 is 15.4 Å². The second-order valence-corrected chi connectivity index (χ2v) is 6.89. The van der Waals surface area contributed by atoms with Crippen molar-refractivity contribution in [3.8, 4) is 11.3 Å². The zero-order chi connectivity index (χ0) is 17.3. The summed E-state index contributed by atoms with van der Waals surface area (Å²) < 4.78 is 41.0. The normalized spacial score (nSPS) is 26.6. The molecule has 3 N–H and O–H groups in total. The smallest absolute Gasteiger partial charge is 0.385 e. The summed E-state index contributed by atoms with van der Waals surface area (Å²) in [6.07, 6.45) is 0.756. The number of imidazole rings is 1. The molecule has 5 rings (SSSR count). The minimum atomic E-state index is -4.57. The molecule has 2 heterocycles. The number of nitrogen functional groups attached to an aromatic ring is 1. The van der Waals surface area contributed by atoms with Crippen LogP contribution >= 0.6 is 0 Å². The summed E-state index contributed by atoms with van der Waals surface area (Å²) in [5.41, 5.74) is 4.96. The first-order chi connectivity index (χ1) is 11.2. The second-order valence-electron chi connectivity index (χ2n) is 6.89. The monoisotopic (exact) mass is 338 g/mol. The lowest BCUT2D eigenvalue weighted by Gasteiger charge is -2.62. The van der Waals surface area contributed by atoms with Crippen molar-refractivity contribution in [1.82, 2.24) is 14.5 Å². The molecule has 3 aliphatic carbocycles. The van der Waals surface area contributed by atoms with Crippen molar-refractivity contribution in [3.05, 3.63) is 29.8 Å². The lowest BCUT2D eigenvalue weighted by Crippen LogP contribution is -2.59. The van der Waals surface area contributed by atoms with Gasteiger partial charge >= 0.3 is 6.18 Å². The first-order valence-corrected chi connectivity index (χ1v) is 7.80. The minimum absolute atomic E-state index is 0.0175. The highest BCUT2D eigenvalue weighted by atomic mass is 19.4. The van der Waals surface area contributed by atoms with E-state index < -0.39 is 23.7 Å². The molecule has 3 aliphatic rings. The number of nitrogens with two attached hydrogens (primary N) is 1. The molecule has 2 aromatic rings. The lowest BCUT2D eigenvalue weighted by atomic mass is 9.49. The van der Waals surface area contributed by atoms with Gasteiger partial charge in [0.25, 0.3) is 0 Å². The van der Waals surface area contributed by atoms with Crippen molar-refractivity contribution in [2.45, 2.75) is 44.0 Å². The molecule has 1 unspecified atom stereocenters. The van der Waals surface area contributed by atoms with Gasteiger partial charge in [-0.05, 0) is 38.2 Å². The molecule has 24 heavy (non-hydrogen) atoms. The van der Waals surface area contributed by atoms with Gasteiger partial charge in [0, 0.05) is 23.5 Å². The zero-order valence-electron chi connectivity index (χ0n) is 13.0. The molecular weight excluding hydrogens is 321 g/mol. The number of anilines is 1. The van der Waals surface area contributed by atoms with Crippen LogP contribution in [-0.4, -0.2) is 19.6 Å². The Morgan fingerprint density at radius 1 is 1.38 bits per heavy atom. The summed E-state index contributed by atoms with van der Waals surface area (Å²) in [7, 11) is 0. The van der Waals surface area contributed by atoms with Crippen LogP contribution in [0.25, 0.3) is 11.3 Å². The first kappa shape index (κ1) is 15.4. The number of alkyl halides is 3. The van der Waals surface area contributed by atoms with Crippen LogP contribution in [0.1, 0.15) is 43.7 Å². The summed E-state index contributed by atoms with van der Waals surface area (Å²) >= 11 is 0. The van der Waals surface area contributed by atoms with Crippen LogP contribution < -0.4 is 5.73 Å². The van der Waals surface area contributed by atoms with Crippen LogP contribution in [0.2, 0.25) is 0 Å². The third-order valence-electron chi connectivity index (χ3n) is 5.14. The maximum absolute atomic E-state index is 13.0. The Hall–Kier alpha value is -2.09. The maximum atomic E-state index is 13.0. The average Bonchev–Trinajstić information content (AvgIpc) is 2.79. The molecular formula is C16H17F3N4O. The molecule has 128 valence electrons. The Kier molecular flexibility index (Phi) is 3.04. The van der Waals surface area contributed by atoms with Gasteiger partial charge in [0.2, 0.25) is 0 Å². The van der Waals surface area contributed by atoms with Crippen LogP contribution in [-0.2, 0) is 11.7 Å². The van der Waals surface area contributed by atoms with Crippen molar-refractivity contribution in [2.75, 3.05) is 5.73 Å². The van der Waals surface area contributed by atoms with E-state index in [2.05, 4.69) is 9.97 Å². The third-order valence-corrected chi connectivity index (χ3v) is 5.14. The van der Waals surface area contributed by atoms with E-state index in [1.54, 1.807) is 13.1 Å². The molecule has 2 bridgehead atoms. The van der Waals surface area contributed by atoms with E-state index >= 15 is 0 Å². The Bertz CT molecular complexity index is 795. The van der Waals surface area contributed by atoms with Gasteiger partial charge in [-0.3, -0.25) is 0 Å². The minimum Gasteiger partial charge on any atom is -0.385 e. The van der Waals surface area contributed by atoms with Gasteiger partial charge in [0.05, 0.1) is 11.3 Å². The van der Waals surface area contributed by atoms with Gasteiger partial charge in [-0.1, -0.05) is 0 Å². The molecule has 2 aromatic heterocycles. The largest absolute Gasteiger partial charge is 0.419 e. The number of hydrogen-bond acceptors (Lipinski definition) is 4. The van der Waals surface area contributed by atoms with E-state index in [1.807, 2.05) is 4.57 Å². The molecule has 0 aromatic carbocycles. The summed E-state index contributed by atoms with van der Waals surface area (Å²) in [6.45, 7) is 1.61. The Morgan fingerprint density at radius 3 is 2.54 bits per heavy atom. The fraction of sp³-hybridized carbons (Fsp3) is 0.500. The summed E-state index contributed by atoms with van der Waals surface area (Å²) in [5.74, 6) is 0.655. The van der Waals surface area contributed by atoms with Crippen molar-refractivity contribution >= 4 is 5.82 Å². The van der Waals surface area contributed by atoms with E-state index in [1.165, 1.54) is 6.20 Å². The quantitative estimate of drug-likeness (QED) is 0.901. The topological polar surface area (TPSA) is 77.0 Å². The van der Waals surface area contributed by atoms with Crippen LogP contribution in [0, 0.1) is 5.92 Å². The standard InChI is InChI=1S/C16H17F3N4O/c1-8(24)14-22-12(7-23(14)15-3-9(4-15)5-15)10-2-11(16(17,18)19)13(20)21-6-10/h2,6-9,24H,3-5H2,1H3,(H2,20,21). The molecule has 0 radical (unpaired) electrons. The van der Waals surface area contributed by atoms with Crippen molar-refractivity contribution in [1.29, 1.82) is 0 Å². The number of pyridine rings is 1. The highest BCUT2D eigenvalue weighted by molar-refractivity contribution is 5.62. The molecule has 0 aliphatic heterocycles. The first-order valence-electron chi connectivity index (χ1n) is 7.80. The van der Waals surface area contributed by atoms with Crippen molar-refractivity contribution in [3.63, 3.8) is 0 Å². The van der Waals surface area contributed by atoms with E-state index in [4.69, 9.17) is 5.73 Å². The molecule has 3 fully saturated rings. The maximum Gasteiger partial charge on any atom is 0.419 e. The number of halogens is 3. The Balaban J connectivity index is 1.79. The number of aliphatic hydroxyl groups excluding tert-OH is 1. The second kappa shape index (κ2) is 4.72. The van der Waals surface area contributed by atoms with E-state index in [-0.39, 0.29) is 11.1 Å². The molecule has 0 spiro atoms. The molecule has 8 heteroatoms.